The van der Waals surface area contributed by atoms with E-state index in [1.54, 1.807) is 4.90 Å². The standard InChI is InChI=1S/C12H24N2O2/c1-4-10(2)9-13-11-5-7-14(8-6-11)12(15)16-3/h10-11,13H,4-9H2,1-3H3. The maximum Gasteiger partial charge on any atom is 0.409 e. The number of piperidine rings is 1. The number of carbonyl (C=O) groups excluding carboxylic acids is 1. The molecule has 1 atom stereocenters. The van der Waals surface area contributed by atoms with Crippen LogP contribution in [0.5, 0.6) is 0 Å². The number of likely N-dealkylation sites (tertiary alicyclic amines) is 1. The largest absolute Gasteiger partial charge is 0.453 e. The lowest BCUT2D eigenvalue weighted by atomic mass is 10.0. The van der Waals surface area contributed by atoms with E-state index in [0.29, 0.717) is 6.04 Å². The molecule has 0 bridgehead atoms. The molecule has 1 fully saturated rings. The van der Waals surface area contributed by atoms with E-state index < -0.39 is 0 Å². The summed E-state index contributed by atoms with van der Waals surface area (Å²) in [5.74, 6) is 0.735. The second-order valence-corrected chi connectivity index (χ2v) is 4.65. The van der Waals surface area contributed by atoms with E-state index >= 15 is 0 Å². The molecule has 0 aromatic rings. The van der Waals surface area contributed by atoms with Gasteiger partial charge in [0.05, 0.1) is 7.11 Å². The van der Waals surface area contributed by atoms with Crippen molar-refractivity contribution in [2.75, 3.05) is 26.7 Å². The van der Waals surface area contributed by atoms with Gasteiger partial charge in [-0.15, -0.1) is 0 Å². The molecule has 1 rings (SSSR count). The van der Waals surface area contributed by atoms with E-state index in [2.05, 4.69) is 19.2 Å². The molecule has 1 saturated heterocycles. The van der Waals surface area contributed by atoms with Crippen LogP contribution >= 0.6 is 0 Å². The Kier molecular flexibility index (Phi) is 5.60. The van der Waals surface area contributed by atoms with Gasteiger partial charge in [-0.1, -0.05) is 20.3 Å². The van der Waals surface area contributed by atoms with Gasteiger partial charge in [-0.05, 0) is 25.3 Å². The van der Waals surface area contributed by atoms with E-state index in [-0.39, 0.29) is 6.09 Å². The second kappa shape index (κ2) is 6.74. The summed E-state index contributed by atoms with van der Waals surface area (Å²) in [5, 5.41) is 3.57. The zero-order valence-electron chi connectivity index (χ0n) is 10.7. The van der Waals surface area contributed by atoms with Gasteiger partial charge in [-0.2, -0.15) is 0 Å². The highest BCUT2D eigenvalue weighted by Crippen LogP contribution is 2.11. The zero-order valence-corrected chi connectivity index (χ0v) is 10.7. The summed E-state index contributed by atoms with van der Waals surface area (Å²) < 4.78 is 4.71. The van der Waals surface area contributed by atoms with Crippen LogP contribution in [0.25, 0.3) is 0 Å². The third kappa shape index (κ3) is 4.00. The molecule has 1 heterocycles. The van der Waals surface area contributed by atoms with Crippen LogP contribution < -0.4 is 5.32 Å². The van der Waals surface area contributed by atoms with Crippen molar-refractivity contribution in [3.05, 3.63) is 0 Å². The quantitative estimate of drug-likeness (QED) is 0.798. The molecule has 0 aliphatic carbocycles. The highest BCUT2D eigenvalue weighted by atomic mass is 16.5. The fraction of sp³-hybridized carbons (Fsp3) is 0.917. The van der Waals surface area contributed by atoms with Crippen molar-refractivity contribution in [1.29, 1.82) is 0 Å². The Bertz CT molecular complexity index is 213. The number of amides is 1. The Hall–Kier alpha value is -0.770. The van der Waals surface area contributed by atoms with Gasteiger partial charge in [-0.25, -0.2) is 4.79 Å². The molecule has 1 unspecified atom stereocenters. The Morgan fingerprint density at radius 3 is 2.62 bits per heavy atom. The molecule has 1 amide bonds. The summed E-state index contributed by atoms with van der Waals surface area (Å²) in [6.07, 6.45) is 3.09. The topological polar surface area (TPSA) is 41.6 Å². The van der Waals surface area contributed by atoms with Crippen LogP contribution in [0.2, 0.25) is 0 Å². The molecule has 0 saturated carbocycles. The second-order valence-electron chi connectivity index (χ2n) is 4.65. The van der Waals surface area contributed by atoms with Gasteiger partial charge in [0.25, 0.3) is 0 Å². The first kappa shape index (κ1) is 13.3. The van der Waals surface area contributed by atoms with E-state index in [4.69, 9.17) is 4.74 Å². The van der Waals surface area contributed by atoms with Crippen LogP contribution in [0, 0.1) is 5.92 Å². The van der Waals surface area contributed by atoms with Crippen molar-refractivity contribution < 1.29 is 9.53 Å². The molecule has 1 aliphatic heterocycles. The number of nitrogens with zero attached hydrogens (tertiary/aromatic N) is 1. The molecule has 0 spiro atoms. The van der Waals surface area contributed by atoms with Crippen LogP contribution in [-0.4, -0.2) is 43.8 Å². The number of rotatable bonds is 4. The minimum absolute atomic E-state index is 0.194. The summed E-state index contributed by atoms with van der Waals surface area (Å²) in [7, 11) is 1.44. The van der Waals surface area contributed by atoms with Crippen LogP contribution in [0.3, 0.4) is 0 Å². The van der Waals surface area contributed by atoms with Gasteiger partial charge in [0, 0.05) is 19.1 Å². The smallest absolute Gasteiger partial charge is 0.409 e. The summed E-state index contributed by atoms with van der Waals surface area (Å²) in [5.41, 5.74) is 0. The third-order valence-corrected chi connectivity index (χ3v) is 3.38. The summed E-state index contributed by atoms with van der Waals surface area (Å²) in [6, 6.07) is 0.565. The average Bonchev–Trinajstić information content (AvgIpc) is 2.35. The number of nitrogens with one attached hydrogen (secondary N) is 1. The number of methoxy groups -OCH3 is 1. The first-order chi connectivity index (χ1) is 7.67. The zero-order chi connectivity index (χ0) is 12.0. The molecule has 1 aliphatic rings. The Labute approximate surface area is 98.3 Å². The van der Waals surface area contributed by atoms with Crippen molar-refractivity contribution in [2.24, 2.45) is 5.92 Å². The molecule has 4 nitrogen and oxygen atoms in total. The van der Waals surface area contributed by atoms with Crippen molar-refractivity contribution in [1.82, 2.24) is 10.2 Å². The average molecular weight is 228 g/mol. The molecule has 94 valence electrons. The number of ether oxygens (including phenoxy) is 1. The number of carbonyl (C=O) groups is 1. The Morgan fingerprint density at radius 2 is 2.12 bits per heavy atom. The first-order valence-electron chi connectivity index (χ1n) is 6.23. The van der Waals surface area contributed by atoms with Crippen molar-refractivity contribution in [3.8, 4) is 0 Å². The number of hydrogen-bond donors (Lipinski definition) is 1. The Balaban J connectivity index is 2.19. The summed E-state index contributed by atoms with van der Waals surface area (Å²) in [6.45, 7) is 7.18. The van der Waals surface area contributed by atoms with E-state index in [1.807, 2.05) is 0 Å². The van der Waals surface area contributed by atoms with E-state index in [9.17, 15) is 4.79 Å². The van der Waals surface area contributed by atoms with Crippen molar-refractivity contribution in [2.45, 2.75) is 39.2 Å². The maximum atomic E-state index is 11.3. The fourth-order valence-corrected chi connectivity index (χ4v) is 1.91. The third-order valence-electron chi connectivity index (χ3n) is 3.38. The fourth-order valence-electron chi connectivity index (χ4n) is 1.91. The van der Waals surface area contributed by atoms with Gasteiger partial charge in [0.1, 0.15) is 0 Å². The van der Waals surface area contributed by atoms with Crippen LogP contribution in [0.1, 0.15) is 33.1 Å². The lowest BCUT2D eigenvalue weighted by molar-refractivity contribution is 0.109. The van der Waals surface area contributed by atoms with Crippen molar-refractivity contribution >= 4 is 6.09 Å². The lowest BCUT2D eigenvalue weighted by Gasteiger charge is -2.32. The molecule has 0 aromatic carbocycles. The highest BCUT2D eigenvalue weighted by Gasteiger charge is 2.22. The van der Waals surface area contributed by atoms with Gasteiger partial charge in [-0.3, -0.25) is 0 Å². The predicted octanol–water partition coefficient (Wildman–Crippen LogP) is 1.85. The molecule has 4 heteroatoms. The molecule has 1 N–H and O–H groups in total. The molecule has 16 heavy (non-hydrogen) atoms. The minimum atomic E-state index is -0.194. The van der Waals surface area contributed by atoms with E-state index in [1.165, 1.54) is 13.5 Å². The first-order valence-corrected chi connectivity index (χ1v) is 6.23. The monoisotopic (exact) mass is 228 g/mol. The predicted molar refractivity (Wildman–Crippen MR) is 64.5 cm³/mol. The summed E-state index contributed by atoms with van der Waals surface area (Å²) >= 11 is 0. The lowest BCUT2D eigenvalue weighted by Crippen LogP contribution is -2.45. The van der Waals surface area contributed by atoms with Gasteiger partial charge >= 0.3 is 6.09 Å². The minimum Gasteiger partial charge on any atom is -0.453 e. The molecular weight excluding hydrogens is 204 g/mol. The SMILES string of the molecule is CCC(C)CNC1CCN(C(=O)OC)CC1. The maximum absolute atomic E-state index is 11.3. The normalized spacial score (nSPS) is 19.6. The summed E-state index contributed by atoms with van der Waals surface area (Å²) in [4.78, 5) is 13.0. The van der Waals surface area contributed by atoms with Gasteiger partial charge < -0.3 is 15.0 Å². The molecule has 0 aromatic heterocycles. The van der Waals surface area contributed by atoms with Crippen LogP contribution in [-0.2, 0) is 4.74 Å². The molecule has 0 radical (unpaired) electrons. The van der Waals surface area contributed by atoms with Crippen LogP contribution in [0.4, 0.5) is 4.79 Å². The highest BCUT2D eigenvalue weighted by molar-refractivity contribution is 5.67. The molecular formula is C12H24N2O2. The number of hydrogen-bond acceptors (Lipinski definition) is 3. The van der Waals surface area contributed by atoms with Crippen molar-refractivity contribution in [3.63, 3.8) is 0 Å². The van der Waals surface area contributed by atoms with Gasteiger partial charge in [0.15, 0.2) is 0 Å². The van der Waals surface area contributed by atoms with E-state index in [0.717, 1.165) is 38.4 Å². The Morgan fingerprint density at radius 1 is 1.50 bits per heavy atom. The van der Waals surface area contributed by atoms with Gasteiger partial charge in [0.2, 0.25) is 0 Å². The van der Waals surface area contributed by atoms with Crippen LogP contribution in [0.15, 0.2) is 0 Å².